The molecule has 0 amide bonds. The second kappa shape index (κ2) is 8.49. The third-order valence-electron chi connectivity index (χ3n) is 4.90. The summed E-state index contributed by atoms with van der Waals surface area (Å²) < 4.78 is 28.4. The van der Waals surface area contributed by atoms with Crippen molar-refractivity contribution in [1.29, 1.82) is 0 Å². The molecule has 5 rings (SSSR count). The third-order valence-corrected chi connectivity index (χ3v) is 8.42. The summed E-state index contributed by atoms with van der Waals surface area (Å²) in [5.74, 6) is 0.351. The van der Waals surface area contributed by atoms with Crippen molar-refractivity contribution in [2.75, 3.05) is 0 Å². The van der Waals surface area contributed by atoms with Crippen LogP contribution in [0.3, 0.4) is 0 Å². The first kappa shape index (κ1) is 22.0. The van der Waals surface area contributed by atoms with Gasteiger partial charge in [-0.15, -0.1) is 5.10 Å². The zero-order valence-electron chi connectivity index (χ0n) is 16.6. The molecular formula is C23H13BrClN3O3S2. The van der Waals surface area contributed by atoms with Gasteiger partial charge in [-0.25, -0.2) is 8.42 Å². The quantitative estimate of drug-likeness (QED) is 0.322. The highest BCUT2D eigenvalue weighted by atomic mass is 79.9. The summed E-state index contributed by atoms with van der Waals surface area (Å²) in [5, 5.41) is 4.79. The normalized spacial score (nSPS) is 12.5. The van der Waals surface area contributed by atoms with Crippen molar-refractivity contribution < 1.29 is 8.42 Å². The summed E-state index contributed by atoms with van der Waals surface area (Å²) in [6.07, 6.45) is 1.80. The molecule has 0 N–H and O–H groups in total. The van der Waals surface area contributed by atoms with Gasteiger partial charge in [-0.1, -0.05) is 51.0 Å². The lowest BCUT2D eigenvalue weighted by atomic mass is 10.2. The molecule has 0 unspecified atom stereocenters. The van der Waals surface area contributed by atoms with Crippen LogP contribution in [0.5, 0.6) is 0 Å². The molecule has 2 aromatic heterocycles. The van der Waals surface area contributed by atoms with Gasteiger partial charge >= 0.3 is 0 Å². The fourth-order valence-electron chi connectivity index (χ4n) is 3.20. The van der Waals surface area contributed by atoms with Gasteiger partial charge in [0, 0.05) is 15.1 Å². The van der Waals surface area contributed by atoms with E-state index in [9.17, 15) is 13.2 Å². The lowest BCUT2D eigenvalue weighted by Gasteiger charge is -2.05. The molecule has 0 saturated heterocycles. The van der Waals surface area contributed by atoms with Crippen LogP contribution in [0.2, 0.25) is 5.02 Å². The molecule has 0 atom stereocenters. The molecule has 0 saturated carbocycles. The Bertz CT molecular complexity index is 1690. The van der Waals surface area contributed by atoms with Crippen molar-refractivity contribution in [2.24, 2.45) is 0 Å². The first-order chi connectivity index (χ1) is 15.8. The van der Waals surface area contributed by atoms with E-state index in [1.165, 1.54) is 52.3 Å². The number of benzene rings is 3. The molecular weight excluding hydrogens is 546 g/mol. The van der Waals surface area contributed by atoms with E-state index in [1.807, 2.05) is 24.3 Å². The van der Waals surface area contributed by atoms with Crippen LogP contribution in [-0.2, 0) is 9.84 Å². The predicted octanol–water partition coefficient (Wildman–Crippen LogP) is 4.61. The highest BCUT2D eigenvalue weighted by molar-refractivity contribution is 9.10. The molecule has 0 aliphatic heterocycles. The van der Waals surface area contributed by atoms with Gasteiger partial charge in [0.1, 0.15) is 0 Å². The Morgan fingerprint density at radius 1 is 0.909 bits per heavy atom. The van der Waals surface area contributed by atoms with E-state index < -0.39 is 9.84 Å². The van der Waals surface area contributed by atoms with Gasteiger partial charge in [0.05, 0.1) is 14.3 Å². The third kappa shape index (κ3) is 4.24. The SMILES string of the molecule is O=c1/c(=C\c2ccc(Br)cc2)sc2nc(-c3ccc(S(=O)(=O)c4ccc(Cl)cc4)cc3)nn12. The summed E-state index contributed by atoms with van der Waals surface area (Å²) in [5.41, 5.74) is 1.26. The molecule has 0 spiro atoms. The molecule has 3 aromatic carbocycles. The highest BCUT2D eigenvalue weighted by Crippen LogP contribution is 2.25. The largest absolute Gasteiger partial charge is 0.291 e. The number of rotatable bonds is 4. The summed E-state index contributed by atoms with van der Waals surface area (Å²) >= 11 is 10.5. The summed E-state index contributed by atoms with van der Waals surface area (Å²) in [6.45, 7) is 0. The first-order valence-electron chi connectivity index (χ1n) is 9.59. The Morgan fingerprint density at radius 3 is 2.12 bits per heavy atom. The van der Waals surface area contributed by atoms with Crippen molar-refractivity contribution in [3.8, 4) is 11.4 Å². The lowest BCUT2D eigenvalue weighted by molar-refractivity contribution is 0.596. The molecule has 0 bridgehead atoms. The Morgan fingerprint density at radius 2 is 1.52 bits per heavy atom. The standard InChI is InChI=1S/C23H13BrClN3O3S2/c24-16-5-1-14(2-6-16)13-20-22(29)28-23(32-20)26-21(27-28)15-3-9-18(10-4-15)33(30,31)19-11-7-17(25)8-12-19/h1-13H/b20-13+. The molecule has 0 aliphatic rings. The number of aromatic nitrogens is 3. The summed E-state index contributed by atoms with van der Waals surface area (Å²) in [7, 11) is -3.67. The Hall–Kier alpha value is -2.85. The molecule has 10 heteroatoms. The maximum absolute atomic E-state index is 12.8. The molecule has 6 nitrogen and oxygen atoms in total. The molecule has 5 aromatic rings. The minimum Gasteiger partial charge on any atom is -0.266 e. The van der Waals surface area contributed by atoms with E-state index in [-0.39, 0.29) is 15.4 Å². The highest BCUT2D eigenvalue weighted by Gasteiger charge is 2.18. The topological polar surface area (TPSA) is 81.4 Å². The van der Waals surface area contributed by atoms with Crippen LogP contribution in [0.25, 0.3) is 22.4 Å². The number of fused-ring (bicyclic) bond motifs is 1. The molecule has 2 heterocycles. The van der Waals surface area contributed by atoms with Crippen LogP contribution in [0.1, 0.15) is 5.56 Å². The van der Waals surface area contributed by atoms with Crippen LogP contribution < -0.4 is 10.1 Å². The maximum atomic E-state index is 12.8. The number of thiazole rings is 1. The van der Waals surface area contributed by atoms with Crippen LogP contribution in [-0.4, -0.2) is 23.0 Å². The van der Waals surface area contributed by atoms with Crippen molar-refractivity contribution in [1.82, 2.24) is 14.6 Å². The van der Waals surface area contributed by atoms with E-state index in [2.05, 4.69) is 26.0 Å². The van der Waals surface area contributed by atoms with E-state index in [0.29, 0.717) is 25.9 Å². The van der Waals surface area contributed by atoms with Crippen molar-refractivity contribution in [3.63, 3.8) is 0 Å². The lowest BCUT2D eigenvalue weighted by Crippen LogP contribution is -2.23. The number of sulfone groups is 1. The van der Waals surface area contributed by atoms with E-state index in [0.717, 1.165) is 10.0 Å². The number of nitrogens with zero attached hydrogens (tertiary/aromatic N) is 3. The van der Waals surface area contributed by atoms with Gasteiger partial charge in [-0.2, -0.15) is 9.50 Å². The maximum Gasteiger partial charge on any atom is 0.291 e. The van der Waals surface area contributed by atoms with Gasteiger partial charge < -0.3 is 0 Å². The van der Waals surface area contributed by atoms with Crippen LogP contribution >= 0.6 is 38.9 Å². The minimum absolute atomic E-state index is 0.144. The van der Waals surface area contributed by atoms with Crippen LogP contribution in [0.15, 0.2) is 91.9 Å². The first-order valence-corrected chi connectivity index (χ1v) is 13.1. The molecule has 33 heavy (non-hydrogen) atoms. The Labute approximate surface area is 205 Å². The summed E-state index contributed by atoms with van der Waals surface area (Å²) in [6, 6.07) is 19.9. The Balaban J connectivity index is 1.47. The van der Waals surface area contributed by atoms with Gasteiger partial charge in [-0.3, -0.25) is 4.79 Å². The number of hydrogen-bond acceptors (Lipinski definition) is 6. The van der Waals surface area contributed by atoms with Gasteiger partial charge in [0.25, 0.3) is 5.56 Å². The average Bonchev–Trinajstić information content (AvgIpc) is 3.35. The molecule has 164 valence electrons. The fraction of sp³-hybridized carbons (Fsp3) is 0. The van der Waals surface area contributed by atoms with Crippen molar-refractivity contribution in [3.05, 3.63) is 103 Å². The zero-order chi connectivity index (χ0) is 23.2. The van der Waals surface area contributed by atoms with Crippen LogP contribution in [0.4, 0.5) is 0 Å². The smallest absolute Gasteiger partial charge is 0.266 e. The molecule has 0 radical (unpaired) electrons. The monoisotopic (exact) mass is 557 g/mol. The number of halogens is 2. The van der Waals surface area contributed by atoms with E-state index >= 15 is 0 Å². The molecule has 0 aliphatic carbocycles. The van der Waals surface area contributed by atoms with Crippen molar-refractivity contribution >= 4 is 59.7 Å². The molecule has 0 fully saturated rings. The average molecular weight is 559 g/mol. The van der Waals surface area contributed by atoms with E-state index in [4.69, 9.17) is 11.6 Å². The van der Waals surface area contributed by atoms with Gasteiger partial charge in [-0.05, 0) is 72.3 Å². The second-order valence-electron chi connectivity index (χ2n) is 7.08. The minimum atomic E-state index is -3.67. The van der Waals surface area contributed by atoms with Gasteiger partial charge in [0.2, 0.25) is 14.8 Å². The van der Waals surface area contributed by atoms with E-state index in [1.54, 1.807) is 18.2 Å². The predicted molar refractivity (Wildman–Crippen MR) is 132 cm³/mol. The second-order valence-corrected chi connectivity index (χ2v) is 11.4. The van der Waals surface area contributed by atoms with Gasteiger partial charge in [0.15, 0.2) is 5.82 Å². The fourth-order valence-corrected chi connectivity index (χ4v) is 5.76. The zero-order valence-corrected chi connectivity index (χ0v) is 20.6. The van der Waals surface area contributed by atoms with Crippen molar-refractivity contribution in [2.45, 2.75) is 9.79 Å². The Kier molecular flexibility index (Phi) is 5.65. The van der Waals surface area contributed by atoms with Crippen LogP contribution in [0, 0.1) is 0 Å². The summed E-state index contributed by atoms with van der Waals surface area (Å²) in [4.78, 5) is 18.0. The number of hydrogen-bond donors (Lipinski definition) is 0.